The first kappa shape index (κ1) is 46.8. The zero-order valence-electron chi connectivity index (χ0n) is 38.3. The zero-order chi connectivity index (χ0) is 42.6. The van der Waals surface area contributed by atoms with Gasteiger partial charge in [0.25, 0.3) is 0 Å². The van der Waals surface area contributed by atoms with Crippen LogP contribution in [0, 0.1) is 0 Å². The fraction of sp³-hybridized carbons (Fsp3) is 0.462. The van der Waals surface area contributed by atoms with Gasteiger partial charge in [-0.1, -0.05) is 0 Å². The van der Waals surface area contributed by atoms with Crippen molar-refractivity contribution in [2.24, 2.45) is 0 Å². The van der Waals surface area contributed by atoms with Crippen molar-refractivity contribution in [2.45, 2.75) is 151 Å². The average molecular weight is 941 g/mol. The van der Waals surface area contributed by atoms with Crippen LogP contribution in [-0.2, 0) is 29.0 Å². The fourth-order valence-corrected chi connectivity index (χ4v) is 53.2. The number of hydrogen-bond acceptors (Lipinski definition) is 1. The fourth-order valence-electron chi connectivity index (χ4n) is 10.9. The molecule has 0 spiro atoms. The first-order valence-electron chi connectivity index (χ1n) is 23.3. The summed E-state index contributed by atoms with van der Waals surface area (Å²) in [6, 6.07) is 32.6. The second-order valence-electron chi connectivity index (χ2n) is 19.9. The van der Waals surface area contributed by atoms with Crippen molar-refractivity contribution in [1.29, 1.82) is 0 Å². The van der Waals surface area contributed by atoms with Gasteiger partial charge in [-0.15, -0.1) is 0 Å². The predicted molar refractivity (Wildman–Crippen MR) is 269 cm³/mol. The molecule has 0 saturated carbocycles. The normalized spacial score (nSPS) is 17.3. The van der Waals surface area contributed by atoms with Gasteiger partial charge in [0.05, 0.1) is 0 Å². The Labute approximate surface area is 370 Å². The van der Waals surface area contributed by atoms with Crippen molar-refractivity contribution in [3.05, 3.63) is 129 Å². The summed E-state index contributed by atoms with van der Waals surface area (Å²) in [5.74, 6) is 0. The van der Waals surface area contributed by atoms with Gasteiger partial charge in [0.15, 0.2) is 0 Å². The van der Waals surface area contributed by atoms with Crippen LogP contribution in [0.4, 0.5) is 0 Å². The predicted octanol–water partition coefficient (Wildman–Crippen LogP) is 16.9. The summed E-state index contributed by atoms with van der Waals surface area (Å²) < 4.78 is 3.03. The monoisotopic (exact) mass is 938 g/mol. The van der Waals surface area contributed by atoms with Crippen LogP contribution in [-0.4, -0.2) is 25.6 Å². The summed E-state index contributed by atoms with van der Waals surface area (Å²) in [5.41, 5.74) is 16.8. The summed E-state index contributed by atoms with van der Waals surface area (Å²) >= 11 is -5.34. The average Bonchev–Trinajstić information content (AvgIpc) is 3.79. The maximum atomic E-state index is 9.31. The summed E-state index contributed by atoms with van der Waals surface area (Å²) in [5, 5.41) is 0. The molecule has 2 aliphatic rings. The number of unbranched alkanes of at least 4 members (excludes halogenated alkanes) is 4. The Morgan fingerprint density at radius 1 is 0.492 bits per heavy atom. The molecule has 0 bridgehead atoms. The molecule has 0 amide bonds. The molecule has 2 atom stereocenters. The number of allylic oxidation sites excluding steroid dienone is 2. The molecule has 0 aromatic heterocycles. The van der Waals surface area contributed by atoms with Crippen molar-refractivity contribution in [1.82, 2.24) is 4.14 Å². The molecule has 4 aromatic carbocycles. The molecule has 1 nitrogen and oxygen atoms in total. The van der Waals surface area contributed by atoms with Crippen molar-refractivity contribution in [3.63, 3.8) is 0 Å². The first-order valence-corrected chi connectivity index (χ1v) is 41.1. The molecular formula is C52H73BCl2NSi2Zr. The van der Waals surface area contributed by atoms with E-state index in [4.69, 9.17) is 0 Å². The van der Waals surface area contributed by atoms with Crippen LogP contribution in [0.25, 0.3) is 34.4 Å². The van der Waals surface area contributed by atoms with E-state index in [1.165, 1.54) is 92.5 Å². The van der Waals surface area contributed by atoms with Crippen LogP contribution in [0.3, 0.4) is 0 Å². The Balaban J connectivity index is 1.67. The second kappa shape index (κ2) is 19.3. The molecule has 0 N–H and O–H groups in total. The standard InChI is InChI=1S/2C23H27.C6H19BNSi2.2ClH.Zr/c2*1-3-5-10-18-16-20-13-9-15-22(23(20)17-18)21-14-8-7-12-19(21)11-6-4-2;1-9(2,3)8(7)10(4,5)6;;;/h2*7-9,12-17H,3-6,10-11H2,1-2H3;7H,1-6H3;2*1H;/q;;+1;;;+1/p-2. The number of hydrogen-bond donors (Lipinski definition) is 0. The van der Waals surface area contributed by atoms with Gasteiger partial charge in [-0.2, -0.15) is 0 Å². The Kier molecular flexibility index (Phi) is 15.3. The van der Waals surface area contributed by atoms with E-state index in [9.17, 15) is 17.0 Å². The van der Waals surface area contributed by atoms with Crippen LogP contribution >= 0.6 is 17.0 Å². The van der Waals surface area contributed by atoms with Crippen molar-refractivity contribution >= 4 is 50.6 Å². The molecule has 2 unspecified atom stereocenters. The molecule has 4 aromatic rings. The molecule has 0 radical (unpaired) electrons. The molecule has 59 heavy (non-hydrogen) atoms. The third-order valence-corrected chi connectivity index (χ3v) is 40.5. The number of rotatable bonds is 20. The molecule has 315 valence electrons. The van der Waals surface area contributed by atoms with E-state index >= 15 is 0 Å². The minimum atomic E-state index is -5.34. The third-order valence-electron chi connectivity index (χ3n) is 13.4. The van der Waals surface area contributed by atoms with Gasteiger partial charge in [0, 0.05) is 0 Å². The molecule has 0 heterocycles. The van der Waals surface area contributed by atoms with Crippen LogP contribution in [0.1, 0.15) is 133 Å². The second-order valence-corrected chi connectivity index (χ2v) is 52.1. The Morgan fingerprint density at radius 3 is 1.22 bits per heavy atom. The Hall–Kier alpha value is -1.72. The Morgan fingerprint density at radius 2 is 0.847 bits per heavy atom. The molecule has 0 aliphatic heterocycles. The maximum absolute atomic E-state index is 9.31. The summed E-state index contributed by atoms with van der Waals surface area (Å²) in [7, 11) is 14.8. The van der Waals surface area contributed by atoms with E-state index in [0.29, 0.717) is 0 Å². The molecule has 7 heteroatoms. The summed E-state index contributed by atoms with van der Waals surface area (Å²) in [6.45, 7) is 24.5. The van der Waals surface area contributed by atoms with Crippen LogP contribution in [0.15, 0.2) is 96.1 Å². The van der Waals surface area contributed by atoms with E-state index in [0.717, 1.165) is 56.3 Å². The van der Waals surface area contributed by atoms with Gasteiger partial charge in [0.2, 0.25) is 0 Å². The van der Waals surface area contributed by atoms with Gasteiger partial charge in [0.1, 0.15) is 0 Å². The van der Waals surface area contributed by atoms with Gasteiger partial charge in [-0.25, -0.2) is 0 Å². The summed E-state index contributed by atoms with van der Waals surface area (Å²) in [6.07, 6.45) is 18.8. The molecular weight excluding hydrogens is 868 g/mol. The summed E-state index contributed by atoms with van der Waals surface area (Å²) in [4.78, 5) is 0.839. The number of fused-ring (bicyclic) bond motifs is 2. The quantitative estimate of drug-likeness (QED) is 0.0798. The van der Waals surface area contributed by atoms with Gasteiger partial charge in [-0.3, -0.25) is 0 Å². The SMILES string of the molecule is CCCCC1=Cc2c(-c3ccccc3CCCC)cccc2[CH]1[Zr]([Cl])([Cl])([BH]N([Si](C)(C)C)[Si](C)(C)C)[CH]1C(CCCC)=Cc2c(-c3ccccc3CCCC)cccc21. The van der Waals surface area contributed by atoms with Crippen LogP contribution < -0.4 is 0 Å². The van der Waals surface area contributed by atoms with E-state index in [-0.39, 0.29) is 7.25 Å². The third kappa shape index (κ3) is 9.77. The molecule has 6 rings (SSSR count). The van der Waals surface area contributed by atoms with E-state index in [1.54, 1.807) is 0 Å². The number of benzene rings is 4. The van der Waals surface area contributed by atoms with Gasteiger partial charge in [-0.05, 0) is 0 Å². The topological polar surface area (TPSA) is 3.24 Å². The number of halogens is 2. The van der Waals surface area contributed by atoms with Crippen molar-refractivity contribution in [3.8, 4) is 22.3 Å². The van der Waals surface area contributed by atoms with Gasteiger partial charge >= 0.3 is 374 Å². The van der Waals surface area contributed by atoms with E-state index < -0.39 is 32.6 Å². The van der Waals surface area contributed by atoms with Crippen molar-refractivity contribution < 1.29 is 16.2 Å². The van der Waals surface area contributed by atoms with Crippen LogP contribution in [0.2, 0.25) is 39.3 Å². The zero-order valence-corrected chi connectivity index (χ0v) is 44.3. The molecule has 2 aliphatic carbocycles. The number of aryl methyl sites for hydroxylation is 2. The molecule has 0 fully saturated rings. The van der Waals surface area contributed by atoms with Gasteiger partial charge < -0.3 is 0 Å². The Bertz CT molecular complexity index is 2020. The molecule has 0 saturated heterocycles. The van der Waals surface area contributed by atoms with Crippen LogP contribution in [0.5, 0.6) is 0 Å². The first-order chi connectivity index (χ1) is 28.1. The van der Waals surface area contributed by atoms with E-state index in [1.807, 2.05) is 0 Å². The van der Waals surface area contributed by atoms with Crippen molar-refractivity contribution in [2.75, 3.05) is 0 Å². The minimum absolute atomic E-state index is 0.0285. The van der Waals surface area contributed by atoms with E-state index in [2.05, 4.69) is 168 Å². The number of nitrogens with zero attached hydrogens (tertiary/aromatic N) is 1.